The van der Waals surface area contributed by atoms with Crippen LogP contribution in [0.2, 0.25) is 0 Å². The fourth-order valence-electron chi connectivity index (χ4n) is 4.22. The highest BCUT2D eigenvalue weighted by molar-refractivity contribution is 7.19. The van der Waals surface area contributed by atoms with Crippen LogP contribution in [-0.4, -0.2) is 29.7 Å². The summed E-state index contributed by atoms with van der Waals surface area (Å²) in [5.74, 6) is 1.68. The Morgan fingerprint density at radius 3 is 3.10 bits per heavy atom. The third-order valence-electron chi connectivity index (χ3n) is 5.57. The molecule has 1 N–H and O–H groups in total. The minimum absolute atomic E-state index is 0.0732. The third kappa shape index (κ3) is 2.53. The highest BCUT2D eigenvalue weighted by Crippen LogP contribution is 2.59. The summed E-state index contributed by atoms with van der Waals surface area (Å²) in [5.41, 5.74) is 3.53. The average molecular weight is 417 g/mol. The van der Waals surface area contributed by atoms with Gasteiger partial charge in [0.05, 0.1) is 10.3 Å². The summed E-state index contributed by atoms with van der Waals surface area (Å²) in [7, 11) is 0. The number of nitrogens with one attached hydrogen (secondary N) is 1. The Bertz CT molecular complexity index is 1340. The van der Waals surface area contributed by atoms with Gasteiger partial charge in [-0.1, -0.05) is 18.2 Å². The van der Waals surface area contributed by atoms with Gasteiger partial charge in [0.1, 0.15) is 23.3 Å². The fourth-order valence-corrected chi connectivity index (χ4v) is 5.57. The van der Waals surface area contributed by atoms with Crippen LogP contribution in [0.25, 0.3) is 21.7 Å². The molecule has 6 rings (SSSR count). The predicted octanol–water partition coefficient (Wildman–Crippen LogP) is 4.07. The van der Waals surface area contributed by atoms with E-state index in [0.29, 0.717) is 24.2 Å². The molecule has 0 radical (unpaired) electrons. The highest BCUT2D eigenvalue weighted by Gasteiger charge is 2.39. The van der Waals surface area contributed by atoms with Crippen LogP contribution in [0.4, 0.5) is 11.5 Å². The molecule has 3 aromatic heterocycles. The number of nitro benzene ring substituents is 1. The number of allylic oxidation sites excluding steroid dienone is 2. The maximum atomic E-state index is 11.1. The first-order valence-corrected chi connectivity index (χ1v) is 10.4. The van der Waals surface area contributed by atoms with Crippen LogP contribution in [0.15, 0.2) is 43.0 Å². The van der Waals surface area contributed by atoms with Gasteiger partial charge in [0.15, 0.2) is 0 Å². The number of nitrogens with zero attached hydrogens (tertiary/aromatic N) is 6. The molecule has 0 saturated carbocycles. The number of thiophene rings is 1. The number of fused-ring (bicyclic) bond motifs is 6. The Kier molecular flexibility index (Phi) is 3.69. The molecule has 148 valence electrons. The van der Waals surface area contributed by atoms with E-state index < -0.39 is 0 Å². The largest absolute Gasteiger partial charge is 0.365 e. The quantitative estimate of drug-likeness (QED) is 0.385. The van der Waals surface area contributed by atoms with Crippen LogP contribution in [-0.2, 0) is 6.54 Å². The molecule has 10 heteroatoms. The Morgan fingerprint density at radius 2 is 2.27 bits per heavy atom. The van der Waals surface area contributed by atoms with Gasteiger partial charge in [-0.2, -0.15) is 19.7 Å². The number of anilines is 1. The van der Waals surface area contributed by atoms with E-state index in [0.717, 1.165) is 28.6 Å². The van der Waals surface area contributed by atoms with E-state index in [1.807, 2.05) is 6.07 Å². The number of rotatable bonds is 5. The Hall–Kier alpha value is -3.66. The summed E-state index contributed by atoms with van der Waals surface area (Å²) < 4.78 is 1.54. The summed E-state index contributed by atoms with van der Waals surface area (Å²) in [4.78, 5) is 26.4. The number of hydrogen-bond acceptors (Lipinski definition) is 8. The second-order valence-electron chi connectivity index (χ2n) is 7.30. The lowest BCUT2D eigenvalue weighted by molar-refractivity contribution is -0.384. The molecular weight excluding hydrogens is 402 g/mol. The van der Waals surface area contributed by atoms with Gasteiger partial charge in [-0.25, -0.2) is 4.98 Å². The first kappa shape index (κ1) is 17.2. The van der Waals surface area contributed by atoms with Crippen molar-refractivity contribution in [2.24, 2.45) is 0 Å². The van der Waals surface area contributed by atoms with Gasteiger partial charge in [0, 0.05) is 35.0 Å². The Balaban J connectivity index is 1.44. The van der Waals surface area contributed by atoms with Crippen molar-refractivity contribution in [1.82, 2.24) is 24.7 Å². The number of nitro groups is 1. The molecule has 0 saturated heterocycles. The fraction of sp³-hybridized carbons (Fsp3) is 0.200. The predicted molar refractivity (Wildman–Crippen MR) is 113 cm³/mol. The van der Waals surface area contributed by atoms with Crippen molar-refractivity contribution in [1.29, 1.82) is 0 Å². The summed E-state index contributed by atoms with van der Waals surface area (Å²) in [5, 5.41) is 19.6. The molecule has 3 heterocycles. The Labute approximate surface area is 174 Å². The van der Waals surface area contributed by atoms with Crippen molar-refractivity contribution in [3.63, 3.8) is 0 Å². The van der Waals surface area contributed by atoms with Crippen molar-refractivity contribution in [2.45, 2.75) is 25.3 Å². The number of aromatic nitrogens is 5. The van der Waals surface area contributed by atoms with Gasteiger partial charge < -0.3 is 5.32 Å². The van der Waals surface area contributed by atoms with Gasteiger partial charge in [-0.05, 0) is 24.0 Å². The molecule has 9 nitrogen and oxygen atoms in total. The molecule has 2 aliphatic rings. The third-order valence-corrected chi connectivity index (χ3v) is 6.77. The smallest absolute Gasteiger partial charge is 0.269 e. The van der Waals surface area contributed by atoms with Crippen molar-refractivity contribution >= 4 is 38.6 Å². The normalized spacial score (nSPS) is 16.7. The van der Waals surface area contributed by atoms with Crippen LogP contribution in [0, 0.1) is 10.1 Å². The second-order valence-corrected chi connectivity index (χ2v) is 8.33. The molecule has 0 fully saturated rings. The molecule has 0 aliphatic heterocycles. The molecule has 0 amide bonds. The van der Waals surface area contributed by atoms with E-state index >= 15 is 0 Å². The minimum atomic E-state index is -0.385. The first-order chi connectivity index (χ1) is 14.7. The molecule has 1 aromatic carbocycles. The van der Waals surface area contributed by atoms with Crippen LogP contribution < -0.4 is 5.32 Å². The monoisotopic (exact) mass is 417 g/mol. The SMILES string of the molecule is O=[N+]([O-])c1cccc(CNc2nc(-n3cncn3)nc3sc4c(c23)C2=CCCC24)c1. The zero-order chi connectivity index (χ0) is 20.2. The molecular formula is C20H15N7O2S. The van der Waals surface area contributed by atoms with E-state index in [1.165, 1.54) is 33.1 Å². The molecule has 4 aromatic rings. The minimum Gasteiger partial charge on any atom is -0.365 e. The van der Waals surface area contributed by atoms with Crippen LogP contribution in [0.1, 0.15) is 34.8 Å². The number of benzene rings is 1. The van der Waals surface area contributed by atoms with Crippen molar-refractivity contribution in [3.8, 4) is 5.95 Å². The maximum Gasteiger partial charge on any atom is 0.269 e. The van der Waals surface area contributed by atoms with Gasteiger partial charge in [-0.3, -0.25) is 10.1 Å². The Morgan fingerprint density at radius 1 is 1.33 bits per heavy atom. The summed E-state index contributed by atoms with van der Waals surface area (Å²) >= 11 is 1.71. The second kappa shape index (κ2) is 6.42. The maximum absolute atomic E-state index is 11.1. The van der Waals surface area contributed by atoms with Gasteiger partial charge >= 0.3 is 0 Å². The van der Waals surface area contributed by atoms with Crippen molar-refractivity contribution in [2.75, 3.05) is 5.32 Å². The van der Waals surface area contributed by atoms with E-state index in [9.17, 15) is 10.1 Å². The zero-order valence-electron chi connectivity index (χ0n) is 15.6. The molecule has 30 heavy (non-hydrogen) atoms. The molecule has 1 unspecified atom stereocenters. The first-order valence-electron chi connectivity index (χ1n) is 9.56. The lowest BCUT2D eigenvalue weighted by Gasteiger charge is -2.26. The summed E-state index contributed by atoms with van der Waals surface area (Å²) in [6, 6.07) is 6.61. The lowest BCUT2D eigenvalue weighted by Crippen LogP contribution is -2.11. The number of hydrogen-bond donors (Lipinski definition) is 1. The van der Waals surface area contributed by atoms with Crippen LogP contribution in [0.3, 0.4) is 0 Å². The van der Waals surface area contributed by atoms with Crippen molar-refractivity contribution in [3.05, 3.63) is 69.1 Å². The standard InChI is InChI=1S/C20H15N7O2S/c28-27(29)12-4-1-3-11(7-12)8-22-18-16-15-13-5-2-6-14(13)17(15)30-19(16)25-20(24-18)26-10-21-9-23-26/h1,3-5,7,9-10,14H,2,6,8H2,(H,22,24,25). The van der Waals surface area contributed by atoms with Crippen LogP contribution in [0.5, 0.6) is 0 Å². The average Bonchev–Trinajstić information content (AvgIpc) is 3.47. The lowest BCUT2D eigenvalue weighted by atomic mass is 9.80. The molecule has 2 aliphatic carbocycles. The molecule has 0 spiro atoms. The molecule has 1 atom stereocenters. The van der Waals surface area contributed by atoms with Gasteiger partial charge in [0.2, 0.25) is 0 Å². The van der Waals surface area contributed by atoms with Gasteiger partial charge in [-0.15, -0.1) is 11.3 Å². The van der Waals surface area contributed by atoms with E-state index in [1.54, 1.807) is 29.8 Å². The van der Waals surface area contributed by atoms with E-state index in [-0.39, 0.29) is 10.6 Å². The van der Waals surface area contributed by atoms with E-state index in [4.69, 9.17) is 9.97 Å². The van der Waals surface area contributed by atoms with Crippen LogP contribution >= 0.6 is 11.3 Å². The summed E-state index contributed by atoms with van der Waals surface area (Å²) in [6.45, 7) is 0.414. The zero-order valence-corrected chi connectivity index (χ0v) is 16.5. The molecule has 0 bridgehead atoms. The van der Waals surface area contributed by atoms with E-state index in [2.05, 4.69) is 21.5 Å². The topological polar surface area (TPSA) is 112 Å². The number of non-ortho nitro benzene ring substituents is 1. The highest BCUT2D eigenvalue weighted by atomic mass is 32.1. The van der Waals surface area contributed by atoms with Gasteiger partial charge in [0.25, 0.3) is 11.6 Å². The summed E-state index contributed by atoms with van der Waals surface area (Å²) in [6.07, 6.45) is 7.60. The van der Waals surface area contributed by atoms with Crippen molar-refractivity contribution < 1.29 is 4.92 Å².